The van der Waals surface area contributed by atoms with Crippen LogP contribution in [0.5, 0.6) is 0 Å². The molecule has 0 spiro atoms. The number of hydrogen-bond acceptors (Lipinski definition) is 3. The van der Waals surface area contributed by atoms with Crippen molar-refractivity contribution in [2.45, 2.75) is 25.4 Å². The molecular formula is C11H13ClF3N3. The SMILES string of the molecule is FC(F)(F)c1cnc(NN2CCCCC2)c(Cl)c1. The topological polar surface area (TPSA) is 28.2 Å². The molecule has 100 valence electrons. The minimum atomic E-state index is -4.42. The van der Waals surface area contributed by atoms with Gasteiger partial charge in [0.2, 0.25) is 0 Å². The van der Waals surface area contributed by atoms with Crippen molar-refractivity contribution < 1.29 is 13.2 Å². The standard InChI is InChI=1S/C11H13ClF3N3/c12-9-6-8(11(13,14)15)7-16-10(9)17-18-4-2-1-3-5-18/h6-7H,1-5H2,(H,16,17). The minimum Gasteiger partial charge on any atom is -0.302 e. The van der Waals surface area contributed by atoms with Crippen molar-refractivity contribution in [2.24, 2.45) is 0 Å². The largest absolute Gasteiger partial charge is 0.417 e. The molecule has 1 saturated heterocycles. The second-order valence-corrected chi connectivity index (χ2v) is 4.62. The fraction of sp³-hybridized carbons (Fsp3) is 0.545. The van der Waals surface area contributed by atoms with E-state index < -0.39 is 11.7 Å². The lowest BCUT2D eigenvalue weighted by Crippen LogP contribution is -2.35. The quantitative estimate of drug-likeness (QED) is 0.897. The van der Waals surface area contributed by atoms with E-state index in [1.165, 1.54) is 6.42 Å². The van der Waals surface area contributed by atoms with Crippen molar-refractivity contribution in [1.29, 1.82) is 0 Å². The Hall–Kier alpha value is -1.01. The average Bonchev–Trinajstić information content (AvgIpc) is 2.32. The van der Waals surface area contributed by atoms with Crippen molar-refractivity contribution in [3.8, 4) is 0 Å². The smallest absolute Gasteiger partial charge is 0.302 e. The number of anilines is 1. The van der Waals surface area contributed by atoms with Gasteiger partial charge in [-0.15, -0.1) is 0 Å². The number of nitrogens with one attached hydrogen (secondary N) is 1. The number of rotatable bonds is 2. The van der Waals surface area contributed by atoms with Gasteiger partial charge in [-0.3, -0.25) is 0 Å². The minimum absolute atomic E-state index is 0.0181. The summed E-state index contributed by atoms with van der Waals surface area (Å²) < 4.78 is 37.3. The number of piperidine rings is 1. The number of hydrogen-bond donors (Lipinski definition) is 1. The van der Waals surface area contributed by atoms with Crippen molar-refractivity contribution in [2.75, 3.05) is 18.5 Å². The first-order valence-electron chi connectivity index (χ1n) is 5.71. The number of aromatic nitrogens is 1. The Morgan fingerprint density at radius 2 is 1.89 bits per heavy atom. The summed E-state index contributed by atoms with van der Waals surface area (Å²) in [5.41, 5.74) is 2.11. The Morgan fingerprint density at radius 3 is 2.44 bits per heavy atom. The van der Waals surface area contributed by atoms with Gasteiger partial charge in [-0.05, 0) is 18.9 Å². The first-order chi connectivity index (χ1) is 8.47. The number of hydrazine groups is 1. The molecule has 7 heteroatoms. The number of nitrogens with zero attached hydrogens (tertiary/aromatic N) is 2. The summed E-state index contributed by atoms with van der Waals surface area (Å²) in [6.07, 6.45) is -0.332. The van der Waals surface area contributed by atoms with E-state index in [2.05, 4.69) is 10.4 Å². The van der Waals surface area contributed by atoms with Crippen molar-refractivity contribution in [1.82, 2.24) is 9.99 Å². The Balaban J connectivity index is 2.09. The van der Waals surface area contributed by atoms with Crippen molar-refractivity contribution >= 4 is 17.4 Å². The molecule has 0 amide bonds. The highest BCUT2D eigenvalue weighted by Gasteiger charge is 2.31. The third-order valence-electron chi connectivity index (χ3n) is 2.79. The monoisotopic (exact) mass is 279 g/mol. The molecule has 1 N–H and O–H groups in total. The third kappa shape index (κ3) is 3.26. The van der Waals surface area contributed by atoms with Gasteiger partial charge in [-0.2, -0.15) is 13.2 Å². The highest BCUT2D eigenvalue weighted by Crippen LogP contribution is 2.32. The van der Waals surface area contributed by atoms with Crippen LogP contribution in [0.2, 0.25) is 5.02 Å². The normalized spacial score (nSPS) is 17.8. The zero-order chi connectivity index (χ0) is 13.2. The molecule has 3 nitrogen and oxygen atoms in total. The van der Waals surface area contributed by atoms with Gasteiger partial charge in [0, 0.05) is 19.3 Å². The summed E-state index contributed by atoms with van der Waals surface area (Å²) in [7, 11) is 0. The van der Waals surface area contributed by atoms with Gasteiger partial charge in [0.05, 0.1) is 10.6 Å². The van der Waals surface area contributed by atoms with Crippen LogP contribution >= 0.6 is 11.6 Å². The van der Waals surface area contributed by atoms with Crippen LogP contribution < -0.4 is 5.43 Å². The number of pyridine rings is 1. The molecule has 18 heavy (non-hydrogen) atoms. The number of halogens is 4. The Kier molecular flexibility index (Phi) is 3.97. The second-order valence-electron chi connectivity index (χ2n) is 4.21. The highest BCUT2D eigenvalue weighted by atomic mass is 35.5. The molecule has 1 aliphatic heterocycles. The number of alkyl halides is 3. The summed E-state index contributed by atoms with van der Waals surface area (Å²) >= 11 is 5.80. The Morgan fingerprint density at radius 1 is 1.22 bits per heavy atom. The maximum Gasteiger partial charge on any atom is 0.417 e. The van der Waals surface area contributed by atoms with E-state index in [0.29, 0.717) is 0 Å². The van der Waals surface area contributed by atoms with Gasteiger partial charge in [-0.1, -0.05) is 18.0 Å². The van der Waals surface area contributed by atoms with Crippen molar-refractivity contribution in [3.63, 3.8) is 0 Å². The van der Waals surface area contributed by atoms with Crippen LogP contribution in [0.15, 0.2) is 12.3 Å². The van der Waals surface area contributed by atoms with Gasteiger partial charge in [-0.25, -0.2) is 9.99 Å². The van der Waals surface area contributed by atoms with E-state index in [1.807, 2.05) is 5.01 Å². The van der Waals surface area contributed by atoms with Gasteiger partial charge in [0.25, 0.3) is 0 Å². The summed E-state index contributed by atoms with van der Waals surface area (Å²) in [6.45, 7) is 1.69. The Labute approximate surface area is 108 Å². The lowest BCUT2D eigenvalue weighted by Gasteiger charge is -2.27. The van der Waals surface area contributed by atoms with E-state index in [-0.39, 0.29) is 10.8 Å². The third-order valence-corrected chi connectivity index (χ3v) is 3.08. The van der Waals surface area contributed by atoms with Crippen LogP contribution in [0.4, 0.5) is 19.0 Å². The first kappa shape index (κ1) is 13.4. The molecule has 1 aromatic heterocycles. The maximum absolute atomic E-state index is 12.4. The molecule has 2 heterocycles. The molecule has 0 atom stereocenters. The van der Waals surface area contributed by atoms with Gasteiger partial charge in [0.1, 0.15) is 0 Å². The lowest BCUT2D eigenvalue weighted by atomic mass is 10.2. The van der Waals surface area contributed by atoms with Gasteiger partial charge >= 0.3 is 6.18 Å². The zero-order valence-electron chi connectivity index (χ0n) is 9.60. The lowest BCUT2D eigenvalue weighted by molar-refractivity contribution is -0.137. The predicted octanol–water partition coefficient (Wildman–Crippen LogP) is 3.57. The molecule has 1 aromatic rings. The molecule has 2 rings (SSSR count). The highest BCUT2D eigenvalue weighted by molar-refractivity contribution is 6.32. The first-order valence-corrected chi connectivity index (χ1v) is 6.09. The van der Waals surface area contributed by atoms with E-state index in [1.54, 1.807) is 0 Å². The van der Waals surface area contributed by atoms with E-state index in [0.717, 1.165) is 38.2 Å². The predicted molar refractivity (Wildman–Crippen MR) is 63.3 cm³/mol. The summed E-state index contributed by atoms with van der Waals surface area (Å²) in [4.78, 5) is 3.73. The molecular weight excluding hydrogens is 267 g/mol. The van der Waals surface area contributed by atoms with Crippen LogP contribution in [0, 0.1) is 0 Å². The van der Waals surface area contributed by atoms with E-state index in [4.69, 9.17) is 11.6 Å². The van der Waals surface area contributed by atoms with Gasteiger partial charge < -0.3 is 5.43 Å². The van der Waals surface area contributed by atoms with Gasteiger partial charge in [0.15, 0.2) is 5.82 Å². The molecule has 1 aliphatic rings. The second kappa shape index (κ2) is 5.32. The fourth-order valence-electron chi connectivity index (χ4n) is 1.83. The van der Waals surface area contributed by atoms with E-state index in [9.17, 15) is 13.2 Å². The zero-order valence-corrected chi connectivity index (χ0v) is 10.4. The molecule has 0 saturated carbocycles. The summed E-state index contributed by atoms with van der Waals surface area (Å²) in [5, 5.41) is 1.90. The van der Waals surface area contributed by atoms with Crippen LogP contribution in [0.25, 0.3) is 0 Å². The summed E-state index contributed by atoms with van der Waals surface area (Å²) in [6, 6.07) is 0.890. The maximum atomic E-state index is 12.4. The van der Waals surface area contributed by atoms with Crippen LogP contribution in [-0.4, -0.2) is 23.1 Å². The molecule has 0 radical (unpaired) electrons. The molecule has 0 unspecified atom stereocenters. The Bertz CT molecular complexity index is 416. The van der Waals surface area contributed by atoms with Crippen molar-refractivity contribution in [3.05, 3.63) is 22.8 Å². The average molecular weight is 280 g/mol. The summed E-state index contributed by atoms with van der Waals surface area (Å²) in [5.74, 6) is 0.270. The van der Waals surface area contributed by atoms with Crippen LogP contribution in [-0.2, 0) is 6.18 Å². The fourth-order valence-corrected chi connectivity index (χ4v) is 2.04. The molecule has 1 fully saturated rings. The van der Waals surface area contributed by atoms with Crippen LogP contribution in [0.3, 0.4) is 0 Å². The molecule has 0 bridgehead atoms. The molecule has 0 aliphatic carbocycles. The van der Waals surface area contributed by atoms with Crippen LogP contribution in [0.1, 0.15) is 24.8 Å². The molecule has 0 aromatic carbocycles. The van der Waals surface area contributed by atoms with E-state index >= 15 is 0 Å².